The predicted molar refractivity (Wildman–Crippen MR) is 92.7 cm³/mol. The first-order valence-electron chi connectivity index (χ1n) is 8.17. The summed E-state index contributed by atoms with van der Waals surface area (Å²) in [5.41, 5.74) is 5.91. The van der Waals surface area contributed by atoms with Crippen molar-refractivity contribution in [2.75, 3.05) is 14.2 Å². The largest absolute Gasteiger partial charge is 0.493 e. The van der Waals surface area contributed by atoms with Crippen molar-refractivity contribution in [2.24, 2.45) is 5.73 Å². The van der Waals surface area contributed by atoms with E-state index >= 15 is 0 Å². The number of Topliss-reactive ketones (excluding diaryl/α,β-unsaturated/α-hetero) is 1. The van der Waals surface area contributed by atoms with Gasteiger partial charge >= 0.3 is 0 Å². The quantitative estimate of drug-likeness (QED) is 0.629. The van der Waals surface area contributed by atoms with Crippen LogP contribution in [0.3, 0.4) is 0 Å². The van der Waals surface area contributed by atoms with Crippen molar-refractivity contribution in [3.8, 4) is 17.6 Å². The van der Waals surface area contributed by atoms with Crippen LogP contribution < -0.4 is 15.2 Å². The molecule has 0 radical (unpaired) electrons. The molecule has 9 nitrogen and oxygen atoms in total. The molecule has 3 rings (SSSR count). The molecule has 2 aliphatic rings. The summed E-state index contributed by atoms with van der Waals surface area (Å²) >= 11 is 0. The summed E-state index contributed by atoms with van der Waals surface area (Å²) < 4.78 is 15.9. The Morgan fingerprint density at radius 3 is 2.56 bits per heavy atom. The van der Waals surface area contributed by atoms with Crippen LogP contribution in [-0.4, -0.2) is 24.9 Å². The third-order valence-electron chi connectivity index (χ3n) is 4.65. The number of rotatable bonds is 4. The zero-order chi connectivity index (χ0) is 19.7. The highest BCUT2D eigenvalue weighted by atomic mass is 16.6. The standard InChI is InChI=1S/C18H17N3O6/c1-25-14-6-9(11(21(23)24)7-15(14)26-2)16-10(8-19)18(20)27-13-5-3-4-12(22)17(13)16/h6-7,16H,3-5,20H2,1-2H3/t16-/m0/s1. The molecule has 27 heavy (non-hydrogen) atoms. The average Bonchev–Trinajstić information content (AvgIpc) is 2.65. The number of benzene rings is 1. The van der Waals surface area contributed by atoms with E-state index in [-0.39, 0.29) is 52.0 Å². The van der Waals surface area contributed by atoms with Gasteiger partial charge < -0.3 is 19.9 Å². The number of methoxy groups -OCH3 is 2. The Labute approximate surface area is 154 Å². The molecule has 0 bridgehead atoms. The van der Waals surface area contributed by atoms with Gasteiger partial charge in [-0.1, -0.05) is 0 Å². The van der Waals surface area contributed by atoms with Crippen molar-refractivity contribution in [2.45, 2.75) is 25.2 Å². The van der Waals surface area contributed by atoms with E-state index in [4.69, 9.17) is 19.9 Å². The van der Waals surface area contributed by atoms with Crippen LogP contribution in [-0.2, 0) is 9.53 Å². The van der Waals surface area contributed by atoms with Crippen molar-refractivity contribution in [3.63, 3.8) is 0 Å². The zero-order valence-electron chi connectivity index (χ0n) is 14.8. The summed E-state index contributed by atoms with van der Waals surface area (Å²) in [6.07, 6.45) is 1.34. The number of nitrogens with zero attached hydrogens (tertiary/aromatic N) is 2. The lowest BCUT2D eigenvalue weighted by molar-refractivity contribution is -0.385. The van der Waals surface area contributed by atoms with Crippen LogP contribution in [0.1, 0.15) is 30.7 Å². The van der Waals surface area contributed by atoms with Gasteiger partial charge in [0.1, 0.15) is 17.4 Å². The van der Waals surface area contributed by atoms with E-state index in [2.05, 4.69) is 0 Å². The van der Waals surface area contributed by atoms with Crippen LogP contribution in [0.2, 0.25) is 0 Å². The van der Waals surface area contributed by atoms with E-state index in [1.54, 1.807) is 0 Å². The van der Waals surface area contributed by atoms with Gasteiger partial charge in [0, 0.05) is 24.0 Å². The van der Waals surface area contributed by atoms with Crippen molar-refractivity contribution < 1.29 is 23.9 Å². The second-order valence-electron chi connectivity index (χ2n) is 6.06. The Bertz CT molecular complexity index is 941. The molecule has 1 atom stereocenters. The topological polar surface area (TPSA) is 138 Å². The second-order valence-corrected chi connectivity index (χ2v) is 6.06. The summed E-state index contributed by atoms with van der Waals surface area (Å²) in [6, 6.07) is 4.55. The number of hydrogen-bond acceptors (Lipinski definition) is 8. The number of nitrogens with two attached hydrogens (primary N) is 1. The molecule has 1 heterocycles. The summed E-state index contributed by atoms with van der Waals surface area (Å²) in [6.45, 7) is 0. The Morgan fingerprint density at radius 2 is 1.96 bits per heavy atom. The number of carbonyl (C=O) groups excluding carboxylic acids is 1. The van der Waals surface area contributed by atoms with Gasteiger partial charge in [0.25, 0.3) is 5.69 Å². The van der Waals surface area contributed by atoms with Gasteiger partial charge in [0.15, 0.2) is 17.3 Å². The number of carbonyl (C=O) groups is 1. The van der Waals surface area contributed by atoms with Crippen LogP contribution in [0.15, 0.2) is 34.9 Å². The van der Waals surface area contributed by atoms with E-state index < -0.39 is 10.8 Å². The summed E-state index contributed by atoms with van der Waals surface area (Å²) in [5, 5.41) is 21.3. The molecule has 0 aromatic heterocycles. The predicted octanol–water partition coefficient (Wildman–Crippen LogP) is 2.43. The molecule has 1 aromatic rings. The first-order chi connectivity index (χ1) is 12.9. The molecule has 1 aliphatic carbocycles. The summed E-state index contributed by atoms with van der Waals surface area (Å²) in [4.78, 5) is 23.7. The SMILES string of the molecule is COc1cc([C@H]2C(C#N)=C(N)OC3=C2C(=O)CCC3)c([N+](=O)[O-])cc1OC. The monoisotopic (exact) mass is 371 g/mol. The lowest BCUT2D eigenvalue weighted by Gasteiger charge is -2.30. The highest BCUT2D eigenvalue weighted by Crippen LogP contribution is 2.48. The van der Waals surface area contributed by atoms with Crippen molar-refractivity contribution >= 4 is 11.5 Å². The van der Waals surface area contributed by atoms with E-state index in [9.17, 15) is 20.2 Å². The first kappa shape index (κ1) is 18.3. The zero-order valence-corrected chi connectivity index (χ0v) is 14.8. The molecule has 1 aliphatic heterocycles. The molecule has 2 N–H and O–H groups in total. The van der Waals surface area contributed by atoms with E-state index in [0.717, 1.165) is 0 Å². The third-order valence-corrected chi connectivity index (χ3v) is 4.65. The fraction of sp³-hybridized carbons (Fsp3) is 0.333. The molecule has 0 spiro atoms. The van der Waals surface area contributed by atoms with Crippen molar-refractivity contribution in [1.29, 1.82) is 5.26 Å². The minimum absolute atomic E-state index is 0.0423. The number of nitro benzene ring substituents is 1. The normalized spacial score (nSPS) is 19.1. The number of nitro groups is 1. The van der Waals surface area contributed by atoms with Crippen LogP contribution >= 0.6 is 0 Å². The smallest absolute Gasteiger partial charge is 0.277 e. The minimum atomic E-state index is -0.994. The molecule has 1 aromatic carbocycles. The number of nitriles is 1. The Kier molecular flexibility index (Phi) is 4.73. The number of allylic oxidation sites excluding steroid dienone is 3. The maximum Gasteiger partial charge on any atom is 0.277 e. The number of hydrogen-bond donors (Lipinski definition) is 1. The molecule has 0 amide bonds. The molecule has 0 saturated carbocycles. The van der Waals surface area contributed by atoms with Gasteiger partial charge in [-0.05, 0) is 12.5 Å². The van der Waals surface area contributed by atoms with Gasteiger partial charge in [-0.3, -0.25) is 14.9 Å². The molecule has 9 heteroatoms. The molecule has 140 valence electrons. The highest BCUT2D eigenvalue weighted by Gasteiger charge is 2.41. The Balaban J connectivity index is 2.33. The van der Waals surface area contributed by atoms with Gasteiger partial charge in [-0.25, -0.2) is 0 Å². The van der Waals surface area contributed by atoms with Crippen LogP contribution in [0.4, 0.5) is 5.69 Å². The van der Waals surface area contributed by atoms with Gasteiger partial charge in [-0.15, -0.1) is 0 Å². The maximum absolute atomic E-state index is 12.6. The molecular weight excluding hydrogens is 354 g/mol. The van der Waals surface area contributed by atoms with E-state index in [0.29, 0.717) is 18.6 Å². The third kappa shape index (κ3) is 2.95. The van der Waals surface area contributed by atoms with E-state index in [1.165, 1.54) is 26.4 Å². The highest BCUT2D eigenvalue weighted by molar-refractivity contribution is 5.99. The van der Waals surface area contributed by atoms with E-state index in [1.807, 2.05) is 6.07 Å². The lowest BCUT2D eigenvalue weighted by atomic mass is 9.77. The molecular formula is C18H17N3O6. The molecule has 0 fully saturated rings. The summed E-state index contributed by atoms with van der Waals surface area (Å²) in [7, 11) is 2.75. The molecule has 0 saturated heterocycles. The number of ketones is 1. The summed E-state index contributed by atoms with van der Waals surface area (Å²) in [5.74, 6) is -0.597. The van der Waals surface area contributed by atoms with Gasteiger partial charge in [-0.2, -0.15) is 5.26 Å². The molecule has 0 unspecified atom stereocenters. The average molecular weight is 371 g/mol. The van der Waals surface area contributed by atoms with Crippen LogP contribution in [0, 0.1) is 21.4 Å². The maximum atomic E-state index is 12.6. The minimum Gasteiger partial charge on any atom is -0.493 e. The van der Waals surface area contributed by atoms with Crippen LogP contribution in [0.25, 0.3) is 0 Å². The van der Waals surface area contributed by atoms with Gasteiger partial charge in [0.2, 0.25) is 5.88 Å². The fourth-order valence-corrected chi connectivity index (χ4v) is 3.44. The van der Waals surface area contributed by atoms with Crippen LogP contribution in [0.5, 0.6) is 11.5 Å². The number of ether oxygens (including phenoxy) is 3. The van der Waals surface area contributed by atoms with Crippen molar-refractivity contribution in [1.82, 2.24) is 0 Å². The Morgan fingerprint density at radius 1 is 1.30 bits per heavy atom. The van der Waals surface area contributed by atoms with Gasteiger partial charge in [0.05, 0.1) is 31.1 Å². The van der Waals surface area contributed by atoms with Crippen molar-refractivity contribution in [3.05, 3.63) is 50.6 Å². The first-order valence-corrected chi connectivity index (χ1v) is 8.17. The second kappa shape index (κ2) is 6.99. The fourth-order valence-electron chi connectivity index (χ4n) is 3.44. The Hall–Kier alpha value is -3.54. The lowest BCUT2D eigenvalue weighted by Crippen LogP contribution is -2.27.